The number of nitrogens with zero attached hydrogens (tertiary/aromatic N) is 1. The second kappa shape index (κ2) is 5.88. The molecule has 1 aromatic carbocycles. The van der Waals surface area contributed by atoms with Crippen LogP contribution in [0.3, 0.4) is 0 Å². The van der Waals surface area contributed by atoms with E-state index in [-0.39, 0.29) is 0 Å². The fraction of sp³-hybridized carbons (Fsp3) is 0.353. The first-order valence-electron chi connectivity index (χ1n) is 7.12. The van der Waals surface area contributed by atoms with Gasteiger partial charge in [0.05, 0.1) is 17.3 Å². The smallest absolute Gasteiger partial charge is 0.122 e. The lowest BCUT2D eigenvalue weighted by Gasteiger charge is -2.17. The summed E-state index contributed by atoms with van der Waals surface area (Å²) in [4.78, 5) is 4.75. The Hall–Kier alpha value is -1.48. The maximum atomic E-state index is 5.67. The lowest BCUT2D eigenvalue weighted by Crippen LogP contribution is -2.08. The van der Waals surface area contributed by atoms with Crippen molar-refractivity contribution in [3.63, 3.8) is 0 Å². The molecular formula is C17H19NOS. The number of rotatable bonds is 3. The van der Waals surface area contributed by atoms with Gasteiger partial charge in [-0.15, -0.1) is 11.8 Å². The van der Waals surface area contributed by atoms with Crippen LogP contribution in [0.15, 0.2) is 41.4 Å². The summed E-state index contributed by atoms with van der Waals surface area (Å²) in [6.07, 6.45) is 2.21. The van der Waals surface area contributed by atoms with Gasteiger partial charge in [-0.25, -0.2) is 4.98 Å². The normalized spacial score (nSPS) is 13.9. The number of pyridine rings is 1. The van der Waals surface area contributed by atoms with Crippen molar-refractivity contribution in [2.75, 3.05) is 6.61 Å². The van der Waals surface area contributed by atoms with Crippen molar-refractivity contribution in [3.05, 3.63) is 42.0 Å². The van der Waals surface area contributed by atoms with Gasteiger partial charge >= 0.3 is 0 Å². The monoisotopic (exact) mass is 285 g/mol. The Morgan fingerprint density at radius 1 is 1.20 bits per heavy atom. The molecule has 104 valence electrons. The van der Waals surface area contributed by atoms with Crippen LogP contribution in [0, 0.1) is 0 Å². The summed E-state index contributed by atoms with van der Waals surface area (Å²) in [6.45, 7) is 5.22. The van der Waals surface area contributed by atoms with Crippen molar-refractivity contribution < 1.29 is 4.74 Å². The molecule has 0 bridgehead atoms. The third-order valence-electron chi connectivity index (χ3n) is 3.28. The van der Waals surface area contributed by atoms with Crippen molar-refractivity contribution in [2.24, 2.45) is 0 Å². The molecule has 0 unspecified atom stereocenters. The first kappa shape index (κ1) is 13.5. The van der Waals surface area contributed by atoms with Gasteiger partial charge in [0.1, 0.15) is 5.75 Å². The highest BCUT2D eigenvalue weighted by atomic mass is 32.2. The van der Waals surface area contributed by atoms with Crippen molar-refractivity contribution in [2.45, 2.75) is 37.0 Å². The molecule has 1 aliphatic heterocycles. The quantitative estimate of drug-likeness (QED) is 0.771. The molecule has 1 aromatic heterocycles. The van der Waals surface area contributed by atoms with Gasteiger partial charge in [-0.1, -0.05) is 19.9 Å². The fourth-order valence-electron chi connectivity index (χ4n) is 2.40. The van der Waals surface area contributed by atoms with E-state index in [1.54, 1.807) is 11.8 Å². The number of thioether (sulfide) groups is 1. The number of aromatic nitrogens is 1. The Morgan fingerprint density at radius 2 is 2.10 bits per heavy atom. The SMILES string of the molecule is CC(C)Sc1cccc(-c2ccc3c(c2)CCCO3)n1. The molecule has 0 radical (unpaired) electrons. The largest absolute Gasteiger partial charge is 0.493 e. The van der Waals surface area contributed by atoms with Gasteiger partial charge in [0.15, 0.2) is 0 Å². The summed E-state index contributed by atoms with van der Waals surface area (Å²) < 4.78 is 5.67. The van der Waals surface area contributed by atoms with Gasteiger partial charge in [-0.3, -0.25) is 0 Å². The summed E-state index contributed by atoms with van der Waals surface area (Å²) in [7, 11) is 0. The number of hydrogen-bond acceptors (Lipinski definition) is 3. The van der Waals surface area contributed by atoms with E-state index in [0.29, 0.717) is 5.25 Å². The van der Waals surface area contributed by atoms with Gasteiger partial charge in [0, 0.05) is 10.8 Å². The molecule has 0 spiro atoms. The van der Waals surface area contributed by atoms with E-state index in [9.17, 15) is 0 Å². The molecular weight excluding hydrogens is 266 g/mol. The molecule has 0 aliphatic carbocycles. The Balaban J connectivity index is 1.92. The van der Waals surface area contributed by atoms with E-state index in [0.717, 1.165) is 35.9 Å². The Bertz CT molecular complexity index is 610. The fourth-order valence-corrected chi connectivity index (χ4v) is 3.19. The van der Waals surface area contributed by atoms with Crippen molar-refractivity contribution in [1.82, 2.24) is 4.98 Å². The molecule has 0 fully saturated rings. The van der Waals surface area contributed by atoms with E-state index in [1.165, 1.54) is 11.1 Å². The third kappa shape index (κ3) is 2.98. The van der Waals surface area contributed by atoms with E-state index in [1.807, 2.05) is 0 Å². The predicted octanol–water partition coefficient (Wildman–Crippen LogP) is 4.57. The summed E-state index contributed by atoms with van der Waals surface area (Å²) in [5, 5.41) is 1.64. The van der Waals surface area contributed by atoms with Crippen LogP contribution in [0.4, 0.5) is 0 Å². The van der Waals surface area contributed by atoms with Crippen molar-refractivity contribution >= 4 is 11.8 Å². The van der Waals surface area contributed by atoms with Gasteiger partial charge in [-0.05, 0) is 48.7 Å². The number of benzene rings is 1. The molecule has 20 heavy (non-hydrogen) atoms. The molecule has 2 aromatic rings. The Kier molecular flexibility index (Phi) is 3.97. The second-order valence-electron chi connectivity index (χ2n) is 5.30. The molecule has 3 rings (SSSR count). The highest BCUT2D eigenvalue weighted by Gasteiger charge is 2.12. The van der Waals surface area contributed by atoms with Crippen LogP contribution in [0.2, 0.25) is 0 Å². The highest BCUT2D eigenvalue weighted by Crippen LogP contribution is 2.30. The minimum atomic E-state index is 0.551. The Labute approximate surface area is 124 Å². The number of hydrogen-bond donors (Lipinski definition) is 0. The van der Waals surface area contributed by atoms with Crippen LogP contribution in [0.5, 0.6) is 5.75 Å². The Morgan fingerprint density at radius 3 is 2.95 bits per heavy atom. The first-order valence-corrected chi connectivity index (χ1v) is 8.00. The van der Waals surface area contributed by atoms with E-state index >= 15 is 0 Å². The summed E-state index contributed by atoms with van der Waals surface area (Å²) in [5.74, 6) is 1.03. The van der Waals surface area contributed by atoms with Gasteiger partial charge in [-0.2, -0.15) is 0 Å². The van der Waals surface area contributed by atoms with Gasteiger partial charge in [0.2, 0.25) is 0 Å². The lowest BCUT2D eigenvalue weighted by atomic mass is 10.0. The summed E-state index contributed by atoms with van der Waals surface area (Å²) in [6, 6.07) is 12.7. The minimum Gasteiger partial charge on any atom is -0.493 e. The van der Waals surface area contributed by atoms with E-state index in [4.69, 9.17) is 9.72 Å². The molecule has 0 amide bonds. The molecule has 0 saturated heterocycles. The molecule has 2 nitrogen and oxygen atoms in total. The van der Waals surface area contributed by atoms with Crippen molar-refractivity contribution in [3.8, 4) is 17.0 Å². The summed E-state index contributed by atoms with van der Waals surface area (Å²) >= 11 is 1.80. The van der Waals surface area contributed by atoms with E-state index in [2.05, 4.69) is 50.2 Å². The van der Waals surface area contributed by atoms with E-state index < -0.39 is 0 Å². The molecule has 0 N–H and O–H groups in total. The molecule has 0 atom stereocenters. The van der Waals surface area contributed by atoms with Crippen molar-refractivity contribution in [1.29, 1.82) is 0 Å². The maximum absolute atomic E-state index is 5.67. The number of ether oxygens (including phenoxy) is 1. The predicted molar refractivity (Wildman–Crippen MR) is 84.5 cm³/mol. The lowest BCUT2D eigenvalue weighted by molar-refractivity contribution is 0.288. The molecule has 1 aliphatic rings. The number of aryl methyl sites for hydroxylation is 1. The third-order valence-corrected chi connectivity index (χ3v) is 4.22. The van der Waals surface area contributed by atoms with Crippen LogP contribution in [-0.4, -0.2) is 16.8 Å². The van der Waals surface area contributed by atoms with Crippen LogP contribution < -0.4 is 4.74 Å². The van der Waals surface area contributed by atoms with Gasteiger partial charge < -0.3 is 4.74 Å². The van der Waals surface area contributed by atoms with Crippen LogP contribution >= 0.6 is 11.8 Å². The second-order valence-corrected chi connectivity index (χ2v) is 6.90. The maximum Gasteiger partial charge on any atom is 0.122 e. The molecule has 0 saturated carbocycles. The zero-order valence-electron chi connectivity index (χ0n) is 11.9. The zero-order chi connectivity index (χ0) is 13.9. The average Bonchev–Trinajstić information content (AvgIpc) is 2.46. The zero-order valence-corrected chi connectivity index (χ0v) is 12.7. The van der Waals surface area contributed by atoms with Crippen LogP contribution in [0.1, 0.15) is 25.8 Å². The highest BCUT2D eigenvalue weighted by molar-refractivity contribution is 7.99. The number of fused-ring (bicyclic) bond motifs is 1. The van der Waals surface area contributed by atoms with Crippen LogP contribution in [-0.2, 0) is 6.42 Å². The standard InChI is InChI=1S/C17H19NOS/c1-12(2)20-17-7-3-6-15(18-17)13-8-9-16-14(11-13)5-4-10-19-16/h3,6-9,11-12H,4-5,10H2,1-2H3. The van der Waals surface area contributed by atoms with Crippen LogP contribution in [0.25, 0.3) is 11.3 Å². The average molecular weight is 285 g/mol. The molecule has 2 heterocycles. The van der Waals surface area contributed by atoms with Gasteiger partial charge in [0.25, 0.3) is 0 Å². The topological polar surface area (TPSA) is 22.1 Å². The minimum absolute atomic E-state index is 0.551. The molecule has 3 heteroatoms. The summed E-state index contributed by atoms with van der Waals surface area (Å²) in [5.41, 5.74) is 3.53. The first-order chi connectivity index (χ1) is 9.72.